The third-order valence-corrected chi connectivity index (χ3v) is 5.16. The molecule has 114 valence electrons. The van der Waals surface area contributed by atoms with E-state index in [1.54, 1.807) is 11.8 Å². The number of hydrogen-bond acceptors (Lipinski definition) is 4. The van der Waals surface area contributed by atoms with Gasteiger partial charge < -0.3 is 5.32 Å². The summed E-state index contributed by atoms with van der Waals surface area (Å²) >= 11 is 1.78. The molecule has 1 heterocycles. The number of rotatable bonds is 4. The average Bonchev–Trinajstić information content (AvgIpc) is 2.86. The molecule has 1 unspecified atom stereocenters. The largest absolute Gasteiger partial charge is 0.351 e. The molecule has 1 aromatic rings. The van der Waals surface area contributed by atoms with Crippen LogP contribution in [0.2, 0.25) is 0 Å². The maximum absolute atomic E-state index is 14.0. The summed E-state index contributed by atoms with van der Waals surface area (Å²) < 4.78 is 14.0. The van der Waals surface area contributed by atoms with Gasteiger partial charge in [-0.3, -0.25) is 14.9 Å². The van der Waals surface area contributed by atoms with Gasteiger partial charge in [-0.2, -0.15) is 11.8 Å². The van der Waals surface area contributed by atoms with Crippen LogP contribution >= 0.6 is 11.8 Å². The minimum absolute atomic E-state index is 0.0398. The van der Waals surface area contributed by atoms with E-state index in [1.807, 2.05) is 0 Å². The van der Waals surface area contributed by atoms with Crippen molar-refractivity contribution in [1.29, 1.82) is 0 Å². The molecule has 0 saturated carbocycles. The first kappa shape index (κ1) is 15.8. The lowest BCUT2D eigenvalue weighted by Crippen LogP contribution is -2.37. The van der Waals surface area contributed by atoms with E-state index >= 15 is 0 Å². The van der Waals surface area contributed by atoms with Crippen molar-refractivity contribution in [1.82, 2.24) is 5.32 Å². The molecule has 0 aliphatic carbocycles. The first-order chi connectivity index (χ1) is 9.82. The number of nitro benzene ring substituents is 1. The highest BCUT2D eigenvalue weighted by Gasteiger charge is 2.30. The van der Waals surface area contributed by atoms with Crippen LogP contribution in [0.4, 0.5) is 10.1 Å². The Morgan fingerprint density at radius 3 is 2.86 bits per heavy atom. The number of nitro groups is 1. The van der Waals surface area contributed by atoms with E-state index in [9.17, 15) is 19.3 Å². The van der Waals surface area contributed by atoms with Crippen molar-refractivity contribution in [2.24, 2.45) is 0 Å². The highest BCUT2D eigenvalue weighted by molar-refractivity contribution is 8.00. The highest BCUT2D eigenvalue weighted by Crippen LogP contribution is 2.37. The fourth-order valence-corrected chi connectivity index (χ4v) is 3.60. The van der Waals surface area contributed by atoms with Crippen molar-refractivity contribution in [3.63, 3.8) is 0 Å². The number of non-ortho nitro benzene ring substituents is 1. The zero-order valence-corrected chi connectivity index (χ0v) is 12.8. The number of carbonyl (C=O) groups is 1. The molecule has 1 N–H and O–H groups in total. The minimum Gasteiger partial charge on any atom is -0.351 e. The van der Waals surface area contributed by atoms with Crippen LogP contribution in [0.25, 0.3) is 0 Å². The lowest BCUT2D eigenvalue weighted by atomic mass is 10.0. The number of thioether (sulfide) groups is 1. The second-order valence-electron chi connectivity index (χ2n) is 5.47. The van der Waals surface area contributed by atoms with Gasteiger partial charge >= 0.3 is 0 Å². The van der Waals surface area contributed by atoms with Gasteiger partial charge in [-0.15, -0.1) is 0 Å². The van der Waals surface area contributed by atoms with Gasteiger partial charge in [0, 0.05) is 23.4 Å². The zero-order chi connectivity index (χ0) is 15.6. The summed E-state index contributed by atoms with van der Waals surface area (Å²) in [4.78, 5) is 22.3. The van der Waals surface area contributed by atoms with Gasteiger partial charge in [0.2, 0.25) is 0 Å². The zero-order valence-electron chi connectivity index (χ0n) is 11.9. The highest BCUT2D eigenvalue weighted by atomic mass is 32.2. The van der Waals surface area contributed by atoms with Crippen molar-refractivity contribution >= 4 is 23.4 Å². The summed E-state index contributed by atoms with van der Waals surface area (Å²) in [6, 6.07) is 2.11. The Balaban J connectivity index is 2.16. The Bertz CT molecular complexity index is 586. The molecule has 1 aliphatic heterocycles. The fraction of sp³-hybridized carbons (Fsp3) is 0.500. The summed E-state index contributed by atoms with van der Waals surface area (Å²) in [7, 11) is 0. The van der Waals surface area contributed by atoms with Crippen LogP contribution in [0.1, 0.15) is 35.7 Å². The number of nitrogens with one attached hydrogen (secondary N) is 1. The van der Waals surface area contributed by atoms with E-state index in [-0.39, 0.29) is 21.6 Å². The molecule has 1 aromatic carbocycles. The second kappa shape index (κ2) is 6.01. The Hall–Kier alpha value is -1.63. The smallest absolute Gasteiger partial charge is 0.270 e. The Morgan fingerprint density at radius 2 is 2.29 bits per heavy atom. The monoisotopic (exact) mass is 312 g/mol. The first-order valence-corrected chi connectivity index (χ1v) is 7.68. The van der Waals surface area contributed by atoms with Gasteiger partial charge in [-0.05, 0) is 38.0 Å². The van der Waals surface area contributed by atoms with E-state index in [2.05, 4.69) is 12.2 Å². The van der Waals surface area contributed by atoms with E-state index in [4.69, 9.17) is 0 Å². The van der Waals surface area contributed by atoms with Crippen LogP contribution in [0, 0.1) is 22.9 Å². The molecule has 0 bridgehead atoms. The van der Waals surface area contributed by atoms with Crippen LogP contribution in [0.15, 0.2) is 12.1 Å². The molecule has 0 radical (unpaired) electrons. The number of hydrogen-bond donors (Lipinski definition) is 1. The van der Waals surface area contributed by atoms with Gasteiger partial charge in [-0.25, -0.2) is 4.39 Å². The molecule has 0 aromatic heterocycles. The normalized spacial score (nSPS) is 21.3. The van der Waals surface area contributed by atoms with Crippen molar-refractivity contribution in [3.8, 4) is 0 Å². The predicted molar refractivity (Wildman–Crippen MR) is 80.2 cm³/mol. The van der Waals surface area contributed by atoms with E-state index < -0.39 is 16.6 Å². The van der Waals surface area contributed by atoms with Crippen LogP contribution in [0.3, 0.4) is 0 Å². The maximum Gasteiger partial charge on any atom is 0.270 e. The molecule has 21 heavy (non-hydrogen) atoms. The number of nitrogens with zero attached hydrogens (tertiary/aromatic N) is 1. The number of halogens is 1. The SMILES string of the molecule is Cc1cc([N+](=O)[O-])cc(C(=O)NCC2(C)CCCS2)c1F. The number of benzene rings is 1. The molecule has 1 atom stereocenters. The lowest BCUT2D eigenvalue weighted by molar-refractivity contribution is -0.385. The Morgan fingerprint density at radius 1 is 1.57 bits per heavy atom. The number of amides is 1. The third kappa shape index (κ3) is 3.53. The summed E-state index contributed by atoms with van der Waals surface area (Å²) in [5.74, 6) is -0.258. The fourth-order valence-electron chi connectivity index (χ4n) is 2.36. The van der Waals surface area contributed by atoms with Gasteiger partial charge in [0.1, 0.15) is 5.82 Å². The summed E-state index contributed by atoms with van der Waals surface area (Å²) in [6.07, 6.45) is 2.09. The van der Waals surface area contributed by atoms with Crippen LogP contribution in [-0.4, -0.2) is 27.9 Å². The van der Waals surface area contributed by atoms with Crippen LogP contribution in [-0.2, 0) is 0 Å². The standard InChI is InChI=1S/C14H17FN2O3S/c1-9-6-10(17(19)20)7-11(12(9)15)13(18)16-8-14(2)4-3-5-21-14/h6-7H,3-5,8H2,1-2H3,(H,16,18). The van der Waals surface area contributed by atoms with Crippen LogP contribution in [0.5, 0.6) is 0 Å². The molecule has 2 rings (SSSR count). The van der Waals surface area contributed by atoms with E-state index in [0.717, 1.165) is 30.7 Å². The Labute approximate surface area is 126 Å². The summed E-state index contributed by atoms with van der Waals surface area (Å²) in [5.41, 5.74) is -0.454. The minimum atomic E-state index is -0.706. The maximum atomic E-state index is 14.0. The predicted octanol–water partition coefficient (Wildman–Crippen LogP) is 3.06. The molecule has 7 heteroatoms. The molecular weight excluding hydrogens is 295 g/mol. The van der Waals surface area contributed by atoms with Crippen molar-refractivity contribution < 1.29 is 14.1 Å². The van der Waals surface area contributed by atoms with E-state index in [1.165, 1.54) is 6.92 Å². The topological polar surface area (TPSA) is 72.2 Å². The summed E-state index contributed by atoms with van der Waals surface area (Å²) in [6.45, 7) is 3.89. The molecule has 5 nitrogen and oxygen atoms in total. The van der Waals surface area contributed by atoms with Crippen molar-refractivity contribution in [3.05, 3.63) is 39.2 Å². The van der Waals surface area contributed by atoms with Crippen LogP contribution < -0.4 is 5.32 Å². The Kier molecular flexibility index (Phi) is 4.51. The lowest BCUT2D eigenvalue weighted by Gasteiger charge is -2.22. The third-order valence-electron chi connectivity index (χ3n) is 3.62. The van der Waals surface area contributed by atoms with Gasteiger partial charge in [0.25, 0.3) is 11.6 Å². The average molecular weight is 312 g/mol. The van der Waals surface area contributed by atoms with Gasteiger partial charge in [0.15, 0.2) is 0 Å². The van der Waals surface area contributed by atoms with Crippen molar-refractivity contribution in [2.75, 3.05) is 12.3 Å². The summed E-state index contributed by atoms with van der Waals surface area (Å²) in [5, 5.41) is 13.5. The van der Waals surface area contributed by atoms with E-state index in [0.29, 0.717) is 6.54 Å². The molecule has 1 aliphatic rings. The second-order valence-corrected chi connectivity index (χ2v) is 7.15. The molecule has 0 spiro atoms. The molecule has 1 amide bonds. The molecule has 1 saturated heterocycles. The van der Waals surface area contributed by atoms with Gasteiger partial charge in [0.05, 0.1) is 10.5 Å². The van der Waals surface area contributed by atoms with Crippen molar-refractivity contribution in [2.45, 2.75) is 31.4 Å². The quantitative estimate of drug-likeness (QED) is 0.685. The number of carbonyl (C=O) groups excluding carboxylic acids is 1. The number of aryl methyl sites for hydroxylation is 1. The molecular formula is C14H17FN2O3S. The van der Waals surface area contributed by atoms with Gasteiger partial charge in [-0.1, -0.05) is 0 Å². The first-order valence-electron chi connectivity index (χ1n) is 6.69. The molecule has 1 fully saturated rings.